The number of nitrogens with one attached hydrogen (secondary N) is 1. The summed E-state index contributed by atoms with van der Waals surface area (Å²) in [5.41, 5.74) is 0. The molecular weight excluding hydrogens is 262 g/mol. The number of halogens is 4. The van der Waals surface area contributed by atoms with Crippen LogP contribution < -0.4 is 10.1 Å². The van der Waals surface area contributed by atoms with Gasteiger partial charge in [0.05, 0.1) is 6.61 Å². The zero-order valence-corrected chi connectivity index (χ0v) is 10.3. The van der Waals surface area contributed by atoms with Crippen molar-refractivity contribution in [2.45, 2.75) is 31.7 Å². The third kappa shape index (κ3) is 3.83. The van der Waals surface area contributed by atoms with Crippen molar-refractivity contribution >= 4 is 0 Å². The van der Waals surface area contributed by atoms with Crippen LogP contribution in [0, 0.1) is 23.3 Å². The van der Waals surface area contributed by atoms with E-state index in [-0.39, 0.29) is 12.7 Å². The number of hydrogen-bond acceptors (Lipinski definition) is 2. The number of ether oxygens (including phenoxy) is 1. The van der Waals surface area contributed by atoms with Gasteiger partial charge in [-0.25, -0.2) is 8.78 Å². The van der Waals surface area contributed by atoms with Crippen molar-refractivity contribution in [1.82, 2.24) is 5.32 Å². The van der Waals surface area contributed by atoms with E-state index < -0.39 is 29.0 Å². The number of hydrogen-bond donors (Lipinski definition) is 1. The molecule has 0 spiro atoms. The van der Waals surface area contributed by atoms with Gasteiger partial charge in [-0.15, -0.1) is 0 Å². The highest BCUT2D eigenvalue weighted by molar-refractivity contribution is 5.28. The van der Waals surface area contributed by atoms with Crippen LogP contribution in [0.5, 0.6) is 5.75 Å². The van der Waals surface area contributed by atoms with E-state index >= 15 is 0 Å². The Hall–Kier alpha value is -1.30. The quantitative estimate of drug-likeness (QED) is 0.469. The van der Waals surface area contributed by atoms with Crippen molar-refractivity contribution in [1.29, 1.82) is 0 Å². The summed E-state index contributed by atoms with van der Waals surface area (Å²) in [6.45, 7) is 0.819. The van der Waals surface area contributed by atoms with Crippen LogP contribution in [-0.4, -0.2) is 19.2 Å². The SMILES string of the molecule is Fc1cc(F)c(F)c(OCCCCNC2CC2)c1F. The maximum absolute atomic E-state index is 13.2. The van der Waals surface area contributed by atoms with E-state index in [1.165, 1.54) is 12.8 Å². The van der Waals surface area contributed by atoms with Crippen LogP contribution in [0.25, 0.3) is 0 Å². The lowest BCUT2D eigenvalue weighted by molar-refractivity contribution is 0.264. The molecule has 0 atom stereocenters. The third-order valence-electron chi connectivity index (χ3n) is 2.90. The highest BCUT2D eigenvalue weighted by atomic mass is 19.2. The van der Waals surface area contributed by atoms with Gasteiger partial charge in [-0.3, -0.25) is 0 Å². The Morgan fingerprint density at radius 2 is 1.68 bits per heavy atom. The van der Waals surface area contributed by atoms with Gasteiger partial charge in [-0.1, -0.05) is 0 Å². The minimum Gasteiger partial charge on any atom is -0.487 e. The molecule has 6 heteroatoms. The summed E-state index contributed by atoms with van der Waals surface area (Å²) in [6.07, 6.45) is 3.71. The first-order valence-electron chi connectivity index (χ1n) is 6.28. The van der Waals surface area contributed by atoms with Gasteiger partial charge in [0.25, 0.3) is 0 Å². The zero-order valence-electron chi connectivity index (χ0n) is 10.3. The molecule has 19 heavy (non-hydrogen) atoms. The Balaban J connectivity index is 1.78. The minimum atomic E-state index is -1.49. The Labute approximate surface area is 108 Å². The molecule has 1 saturated carbocycles. The van der Waals surface area contributed by atoms with E-state index in [2.05, 4.69) is 5.32 Å². The lowest BCUT2D eigenvalue weighted by Crippen LogP contribution is -2.18. The first kappa shape index (κ1) is 14.1. The van der Waals surface area contributed by atoms with E-state index in [4.69, 9.17) is 4.74 Å². The molecule has 0 aliphatic heterocycles. The van der Waals surface area contributed by atoms with Crippen molar-refractivity contribution in [2.24, 2.45) is 0 Å². The molecule has 1 aromatic rings. The molecule has 0 saturated heterocycles. The Bertz CT molecular complexity index is 423. The summed E-state index contributed by atoms with van der Waals surface area (Å²) in [4.78, 5) is 0. The van der Waals surface area contributed by atoms with Gasteiger partial charge in [0, 0.05) is 12.1 Å². The second-order valence-corrected chi connectivity index (χ2v) is 4.58. The van der Waals surface area contributed by atoms with Crippen molar-refractivity contribution in [3.63, 3.8) is 0 Å². The molecule has 0 heterocycles. The van der Waals surface area contributed by atoms with Crippen LogP contribution in [0.4, 0.5) is 17.6 Å². The minimum absolute atomic E-state index is 0.0169. The van der Waals surface area contributed by atoms with E-state index in [1.807, 2.05) is 0 Å². The second kappa shape index (κ2) is 6.23. The molecule has 1 fully saturated rings. The Morgan fingerprint density at radius 1 is 1.05 bits per heavy atom. The maximum atomic E-state index is 13.2. The highest BCUT2D eigenvalue weighted by Crippen LogP contribution is 2.26. The molecule has 0 radical (unpaired) electrons. The molecule has 0 amide bonds. The average molecular weight is 277 g/mol. The smallest absolute Gasteiger partial charge is 0.203 e. The van der Waals surface area contributed by atoms with Gasteiger partial charge in [0.1, 0.15) is 0 Å². The molecule has 1 aromatic carbocycles. The largest absolute Gasteiger partial charge is 0.487 e. The first-order valence-corrected chi connectivity index (χ1v) is 6.28. The molecule has 0 aromatic heterocycles. The van der Waals surface area contributed by atoms with E-state index in [0.29, 0.717) is 12.5 Å². The Morgan fingerprint density at radius 3 is 2.26 bits per heavy atom. The molecule has 0 bridgehead atoms. The number of rotatable bonds is 7. The van der Waals surface area contributed by atoms with Crippen LogP contribution in [-0.2, 0) is 0 Å². The Kier molecular flexibility index (Phi) is 4.63. The summed E-state index contributed by atoms with van der Waals surface area (Å²) in [5, 5.41) is 3.27. The van der Waals surface area contributed by atoms with Crippen LogP contribution >= 0.6 is 0 Å². The molecular formula is C13H15F4NO. The number of unbranched alkanes of at least 4 members (excludes halogenated alkanes) is 1. The molecule has 2 nitrogen and oxygen atoms in total. The zero-order chi connectivity index (χ0) is 13.8. The molecule has 1 aliphatic carbocycles. The van der Waals surface area contributed by atoms with E-state index in [1.54, 1.807) is 0 Å². The van der Waals surface area contributed by atoms with Gasteiger partial charge in [-0.2, -0.15) is 8.78 Å². The lowest BCUT2D eigenvalue weighted by Gasteiger charge is -2.09. The van der Waals surface area contributed by atoms with Gasteiger partial charge >= 0.3 is 0 Å². The topological polar surface area (TPSA) is 21.3 Å². The lowest BCUT2D eigenvalue weighted by atomic mass is 10.3. The van der Waals surface area contributed by atoms with Crippen molar-refractivity contribution in [3.05, 3.63) is 29.3 Å². The van der Waals surface area contributed by atoms with Crippen LogP contribution in [0.2, 0.25) is 0 Å². The molecule has 0 unspecified atom stereocenters. The normalized spacial score (nSPS) is 14.7. The van der Waals surface area contributed by atoms with Gasteiger partial charge in [-0.05, 0) is 32.2 Å². The van der Waals surface area contributed by atoms with E-state index in [0.717, 1.165) is 13.0 Å². The summed E-state index contributed by atoms with van der Waals surface area (Å²) < 4.78 is 57.0. The average Bonchev–Trinajstić information content (AvgIpc) is 3.19. The molecule has 2 rings (SSSR count). The standard InChI is InChI=1S/C13H15F4NO/c14-9-7-10(15)12(17)13(11(9)16)19-6-2-1-5-18-8-3-4-8/h7-8,18H,1-6H2. The van der Waals surface area contributed by atoms with Crippen molar-refractivity contribution in [3.8, 4) is 5.75 Å². The van der Waals surface area contributed by atoms with E-state index in [9.17, 15) is 17.6 Å². The predicted molar refractivity (Wildman–Crippen MR) is 62.0 cm³/mol. The van der Waals surface area contributed by atoms with Crippen molar-refractivity contribution in [2.75, 3.05) is 13.2 Å². The first-order chi connectivity index (χ1) is 9.09. The molecule has 106 valence electrons. The van der Waals surface area contributed by atoms with Crippen LogP contribution in [0.3, 0.4) is 0 Å². The maximum Gasteiger partial charge on any atom is 0.203 e. The summed E-state index contributed by atoms with van der Waals surface area (Å²) in [5.74, 6) is -6.87. The predicted octanol–water partition coefficient (Wildman–Crippen LogP) is 3.15. The van der Waals surface area contributed by atoms with Crippen LogP contribution in [0.1, 0.15) is 25.7 Å². The number of benzene rings is 1. The second-order valence-electron chi connectivity index (χ2n) is 4.58. The molecule has 1 aliphatic rings. The molecule has 1 N–H and O–H groups in total. The summed E-state index contributed by atoms with van der Waals surface area (Å²) in [7, 11) is 0. The third-order valence-corrected chi connectivity index (χ3v) is 2.90. The fourth-order valence-corrected chi connectivity index (χ4v) is 1.67. The van der Waals surface area contributed by atoms with Crippen LogP contribution in [0.15, 0.2) is 6.07 Å². The summed E-state index contributed by atoms with van der Waals surface area (Å²) in [6, 6.07) is 0.769. The highest BCUT2D eigenvalue weighted by Gasteiger charge is 2.21. The van der Waals surface area contributed by atoms with Gasteiger partial charge in [0.15, 0.2) is 17.4 Å². The monoisotopic (exact) mass is 277 g/mol. The fourth-order valence-electron chi connectivity index (χ4n) is 1.67. The van der Waals surface area contributed by atoms with Gasteiger partial charge in [0.2, 0.25) is 11.6 Å². The van der Waals surface area contributed by atoms with Gasteiger partial charge < -0.3 is 10.1 Å². The fraction of sp³-hybridized carbons (Fsp3) is 0.538. The summed E-state index contributed by atoms with van der Waals surface area (Å²) >= 11 is 0. The van der Waals surface area contributed by atoms with Crippen molar-refractivity contribution < 1.29 is 22.3 Å².